The number of nitrogens with zero attached hydrogens (tertiary/aromatic N) is 3. The Morgan fingerprint density at radius 3 is 2.81 bits per heavy atom. The fourth-order valence-corrected chi connectivity index (χ4v) is 5.37. The van der Waals surface area contributed by atoms with E-state index in [1.165, 1.54) is 5.56 Å². The van der Waals surface area contributed by atoms with Crippen LogP contribution >= 0.6 is 34.7 Å². The zero-order chi connectivity index (χ0) is 22.2. The third kappa shape index (κ3) is 6.81. The quantitative estimate of drug-likeness (QED) is 0.398. The molecule has 1 N–H and O–H groups in total. The van der Waals surface area contributed by atoms with Gasteiger partial charge in [-0.25, -0.2) is 0 Å². The molecule has 6 nitrogen and oxygen atoms in total. The average molecular weight is 491 g/mol. The maximum Gasteiger partial charge on any atom is 0.241 e. The Morgan fingerprint density at radius 1 is 1.25 bits per heavy atom. The van der Waals surface area contributed by atoms with Gasteiger partial charge in [-0.1, -0.05) is 35.0 Å². The Balaban J connectivity index is 1.09. The molecule has 1 aliphatic heterocycles. The highest BCUT2D eigenvalue weighted by atomic mass is 35.5. The number of thioether (sulfide) groups is 1. The lowest BCUT2D eigenvalue weighted by Crippen LogP contribution is -2.40. The first-order chi connectivity index (χ1) is 15.7. The van der Waals surface area contributed by atoms with Crippen molar-refractivity contribution in [3.63, 3.8) is 0 Å². The van der Waals surface area contributed by atoms with Crippen molar-refractivity contribution in [3.8, 4) is 10.7 Å². The molecule has 1 fully saturated rings. The van der Waals surface area contributed by atoms with Crippen LogP contribution in [0.3, 0.4) is 0 Å². The topological polar surface area (TPSA) is 71.3 Å². The number of thiophene rings is 1. The molecule has 0 unspecified atom stereocenters. The molecule has 1 aliphatic rings. The molecule has 0 radical (unpaired) electrons. The molecule has 0 saturated carbocycles. The maximum absolute atomic E-state index is 12.5. The molecule has 0 atom stereocenters. The van der Waals surface area contributed by atoms with Crippen molar-refractivity contribution in [3.05, 3.63) is 58.3 Å². The normalized spacial score (nSPS) is 15.2. The summed E-state index contributed by atoms with van der Waals surface area (Å²) in [5, 5.41) is 9.95. The molecule has 9 heteroatoms. The van der Waals surface area contributed by atoms with Gasteiger partial charge >= 0.3 is 0 Å². The van der Waals surface area contributed by atoms with Gasteiger partial charge in [0.25, 0.3) is 0 Å². The van der Waals surface area contributed by atoms with Crippen molar-refractivity contribution in [2.45, 2.75) is 31.6 Å². The lowest BCUT2D eigenvalue weighted by atomic mass is 9.96. The van der Waals surface area contributed by atoms with Gasteiger partial charge < -0.3 is 9.84 Å². The van der Waals surface area contributed by atoms with Gasteiger partial charge in [0.2, 0.25) is 17.6 Å². The van der Waals surface area contributed by atoms with E-state index in [9.17, 15) is 4.79 Å². The number of hydrogen-bond acceptors (Lipinski definition) is 7. The molecule has 170 valence electrons. The van der Waals surface area contributed by atoms with E-state index in [1.807, 2.05) is 41.4 Å². The number of rotatable bonds is 10. The molecule has 1 aromatic carbocycles. The molecule has 4 rings (SSSR count). The molecule has 0 aliphatic carbocycles. The van der Waals surface area contributed by atoms with E-state index in [2.05, 4.69) is 32.5 Å². The summed E-state index contributed by atoms with van der Waals surface area (Å²) >= 11 is 9.39. The summed E-state index contributed by atoms with van der Waals surface area (Å²) in [5.74, 6) is 3.56. The molecular formula is C23H27ClN4O2S2. The lowest BCUT2D eigenvalue weighted by Gasteiger charge is -2.30. The molecular weight excluding hydrogens is 464 g/mol. The van der Waals surface area contributed by atoms with E-state index in [-0.39, 0.29) is 11.8 Å². The average Bonchev–Trinajstić information content (AvgIpc) is 3.50. The van der Waals surface area contributed by atoms with Crippen LogP contribution in [-0.2, 0) is 17.1 Å². The Kier molecular flexibility index (Phi) is 8.62. The smallest absolute Gasteiger partial charge is 0.241 e. The van der Waals surface area contributed by atoms with Gasteiger partial charge in [-0.2, -0.15) is 16.7 Å². The van der Waals surface area contributed by atoms with Gasteiger partial charge in [-0.15, -0.1) is 11.3 Å². The van der Waals surface area contributed by atoms with Crippen molar-refractivity contribution in [1.82, 2.24) is 20.4 Å². The lowest BCUT2D eigenvalue weighted by molar-refractivity contribution is -0.126. The highest BCUT2D eigenvalue weighted by Crippen LogP contribution is 2.23. The van der Waals surface area contributed by atoms with Gasteiger partial charge in [0.1, 0.15) is 0 Å². The zero-order valence-corrected chi connectivity index (χ0v) is 20.2. The Morgan fingerprint density at radius 2 is 2.06 bits per heavy atom. The number of carbonyl (C=O) groups is 1. The first-order valence-corrected chi connectivity index (χ1v) is 13.3. The minimum absolute atomic E-state index is 0.0948. The summed E-state index contributed by atoms with van der Waals surface area (Å²) in [6.45, 7) is 3.11. The van der Waals surface area contributed by atoms with Gasteiger partial charge in [0.15, 0.2) is 0 Å². The highest BCUT2D eigenvalue weighted by Gasteiger charge is 2.25. The zero-order valence-electron chi connectivity index (χ0n) is 17.8. The maximum atomic E-state index is 12.5. The number of amides is 1. The highest BCUT2D eigenvalue weighted by molar-refractivity contribution is 7.98. The predicted octanol–water partition coefficient (Wildman–Crippen LogP) is 5.10. The number of aromatic nitrogens is 2. The van der Waals surface area contributed by atoms with Crippen LogP contribution in [0.2, 0.25) is 5.02 Å². The number of halogens is 1. The molecule has 32 heavy (non-hydrogen) atoms. The summed E-state index contributed by atoms with van der Waals surface area (Å²) in [6, 6.07) is 11.9. The Hall–Kier alpha value is -1.87. The van der Waals surface area contributed by atoms with E-state index >= 15 is 0 Å². The predicted molar refractivity (Wildman–Crippen MR) is 131 cm³/mol. The van der Waals surface area contributed by atoms with Crippen molar-refractivity contribution < 1.29 is 9.32 Å². The number of carbonyl (C=O) groups excluding carboxylic acids is 1. The van der Waals surface area contributed by atoms with Crippen LogP contribution in [0, 0.1) is 5.92 Å². The van der Waals surface area contributed by atoms with Crippen LogP contribution in [-0.4, -0.2) is 46.3 Å². The fourth-order valence-electron chi connectivity index (χ4n) is 3.67. The summed E-state index contributed by atoms with van der Waals surface area (Å²) in [7, 11) is 0. The van der Waals surface area contributed by atoms with E-state index in [4.69, 9.17) is 16.1 Å². The van der Waals surface area contributed by atoms with E-state index in [0.717, 1.165) is 60.3 Å². The van der Waals surface area contributed by atoms with E-state index in [0.29, 0.717) is 18.3 Å². The minimum Gasteiger partial charge on any atom is -0.356 e. The van der Waals surface area contributed by atoms with Gasteiger partial charge in [-0.05, 0) is 67.2 Å². The van der Waals surface area contributed by atoms with Crippen LogP contribution in [0.4, 0.5) is 0 Å². The Labute approximate surface area is 201 Å². The SMILES string of the molecule is O=C(NCCCSCc1ccc(Cl)cc1)C1CCN(Cc2nc(-c3cccs3)no2)CC1. The van der Waals surface area contributed by atoms with E-state index in [1.54, 1.807) is 11.3 Å². The number of nitrogens with one attached hydrogen (secondary N) is 1. The second-order valence-corrected chi connectivity index (χ2v) is 10.4. The monoisotopic (exact) mass is 490 g/mol. The van der Waals surface area contributed by atoms with Gasteiger partial charge in [-0.3, -0.25) is 9.69 Å². The molecule has 3 heterocycles. The van der Waals surface area contributed by atoms with Gasteiger partial charge in [0.05, 0.1) is 11.4 Å². The third-order valence-corrected chi connectivity index (χ3v) is 7.71. The first-order valence-electron chi connectivity index (χ1n) is 10.9. The fraction of sp³-hybridized carbons (Fsp3) is 0.435. The van der Waals surface area contributed by atoms with Crippen molar-refractivity contribution in [1.29, 1.82) is 0 Å². The minimum atomic E-state index is 0.0948. The number of benzene rings is 1. The van der Waals surface area contributed by atoms with Crippen molar-refractivity contribution >= 4 is 40.6 Å². The van der Waals surface area contributed by atoms with Crippen LogP contribution in [0.1, 0.15) is 30.7 Å². The van der Waals surface area contributed by atoms with Crippen molar-refractivity contribution in [2.24, 2.45) is 5.92 Å². The largest absolute Gasteiger partial charge is 0.356 e. The third-order valence-electron chi connectivity index (χ3n) is 5.47. The number of hydrogen-bond donors (Lipinski definition) is 1. The van der Waals surface area contributed by atoms with Gasteiger partial charge in [0, 0.05) is 23.2 Å². The summed E-state index contributed by atoms with van der Waals surface area (Å²) in [4.78, 5) is 20.3. The molecule has 0 spiro atoms. The van der Waals surface area contributed by atoms with E-state index < -0.39 is 0 Å². The summed E-state index contributed by atoms with van der Waals surface area (Å²) < 4.78 is 5.40. The molecule has 3 aromatic rings. The second-order valence-electron chi connectivity index (χ2n) is 7.86. The summed E-state index contributed by atoms with van der Waals surface area (Å²) in [5.41, 5.74) is 1.28. The van der Waals surface area contributed by atoms with Crippen LogP contribution < -0.4 is 5.32 Å². The van der Waals surface area contributed by atoms with Crippen LogP contribution in [0.25, 0.3) is 10.7 Å². The number of piperidine rings is 1. The standard InChI is InChI=1S/C23H27ClN4O2S2/c24-19-6-4-17(5-7-19)16-31-13-2-10-25-23(29)18-8-11-28(12-9-18)15-21-26-22(27-30-21)20-3-1-14-32-20/h1,3-7,14,18H,2,8-13,15-16H2,(H,25,29). The van der Waals surface area contributed by atoms with Crippen LogP contribution in [0.5, 0.6) is 0 Å². The Bertz CT molecular complexity index is 970. The molecule has 1 saturated heterocycles. The molecule has 0 bridgehead atoms. The first kappa shape index (κ1) is 23.3. The molecule has 1 amide bonds. The summed E-state index contributed by atoms with van der Waals surface area (Å²) in [6.07, 6.45) is 2.71. The second kappa shape index (κ2) is 11.8. The molecule has 2 aromatic heterocycles. The van der Waals surface area contributed by atoms with Crippen LogP contribution in [0.15, 0.2) is 46.3 Å². The van der Waals surface area contributed by atoms with Crippen molar-refractivity contribution in [2.75, 3.05) is 25.4 Å². The number of likely N-dealkylation sites (tertiary alicyclic amines) is 1.